The van der Waals surface area contributed by atoms with E-state index < -0.39 is 0 Å². The Hall–Kier alpha value is -1.76. The van der Waals surface area contributed by atoms with E-state index in [2.05, 4.69) is 13.8 Å². The Balaban J connectivity index is 1.68. The zero-order valence-corrected chi connectivity index (χ0v) is 19.1. The standard InChI is InChI=1S/C22H24ClNO3S2/c1-14(2)12-24-21(25)20(29-22(24)28)11-15-8-9-18(19(10-15)26-3)27-13-16-6-4-5-7-17(16)23/h4-10,14,20H,11-13H2,1-3H3/t20-/m0/s1. The molecule has 1 aliphatic rings. The van der Waals surface area contributed by atoms with Crippen LogP contribution in [0.5, 0.6) is 11.5 Å². The molecule has 3 rings (SSSR count). The molecular weight excluding hydrogens is 426 g/mol. The number of thiocarbonyl (C=S) groups is 1. The van der Waals surface area contributed by atoms with Crippen molar-refractivity contribution in [2.24, 2.45) is 5.92 Å². The van der Waals surface area contributed by atoms with E-state index in [9.17, 15) is 4.79 Å². The van der Waals surface area contributed by atoms with Crippen LogP contribution in [-0.4, -0.2) is 34.0 Å². The van der Waals surface area contributed by atoms with E-state index in [1.54, 1.807) is 12.0 Å². The van der Waals surface area contributed by atoms with Crippen molar-refractivity contribution in [1.29, 1.82) is 0 Å². The lowest BCUT2D eigenvalue weighted by Crippen LogP contribution is -2.34. The summed E-state index contributed by atoms with van der Waals surface area (Å²) in [5.74, 6) is 1.74. The summed E-state index contributed by atoms with van der Waals surface area (Å²) in [6.07, 6.45) is 0.597. The minimum Gasteiger partial charge on any atom is -0.493 e. The van der Waals surface area contributed by atoms with Crippen molar-refractivity contribution in [3.05, 3.63) is 58.6 Å². The van der Waals surface area contributed by atoms with Gasteiger partial charge < -0.3 is 9.47 Å². The molecule has 7 heteroatoms. The average molecular weight is 450 g/mol. The van der Waals surface area contributed by atoms with E-state index in [1.807, 2.05) is 42.5 Å². The van der Waals surface area contributed by atoms with Gasteiger partial charge in [-0.2, -0.15) is 0 Å². The molecule has 0 radical (unpaired) electrons. The van der Waals surface area contributed by atoms with Crippen molar-refractivity contribution >= 4 is 45.8 Å². The highest BCUT2D eigenvalue weighted by atomic mass is 35.5. The zero-order valence-electron chi connectivity index (χ0n) is 16.7. The molecular formula is C22H24ClNO3S2. The molecule has 0 aromatic heterocycles. The molecule has 1 fully saturated rings. The van der Waals surface area contributed by atoms with Gasteiger partial charge >= 0.3 is 0 Å². The Morgan fingerprint density at radius 3 is 2.66 bits per heavy atom. The molecule has 0 N–H and O–H groups in total. The van der Waals surface area contributed by atoms with Crippen LogP contribution in [0.4, 0.5) is 0 Å². The fraction of sp³-hybridized carbons (Fsp3) is 0.364. The van der Waals surface area contributed by atoms with Gasteiger partial charge in [-0.1, -0.05) is 73.7 Å². The van der Waals surface area contributed by atoms with Crippen LogP contribution >= 0.6 is 35.6 Å². The first-order valence-corrected chi connectivity index (χ1v) is 11.1. The topological polar surface area (TPSA) is 38.8 Å². The van der Waals surface area contributed by atoms with Gasteiger partial charge in [0.2, 0.25) is 5.91 Å². The van der Waals surface area contributed by atoms with Crippen molar-refractivity contribution < 1.29 is 14.3 Å². The van der Waals surface area contributed by atoms with Crippen LogP contribution in [0.25, 0.3) is 0 Å². The number of ether oxygens (including phenoxy) is 2. The molecule has 1 atom stereocenters. The Bertz CT molecular complexity index is 903. The summed E-state index contributed by atoms with van der Waals surface area (Å²) >= 11 is 13.1. The molecule has 0 bridgehead atoms. The van der Waals surface area contributed by atoms with Crippen molar-refractivity contribution in [1.82, 2.24) is 4.90 Å². The van der Waals surface area contributed by atoms with Crippen LogP contribution in [0.2, 0.25) is 5.02 Å². The number of benzene rings is 2. The Labute approximate surface area is 186 Å². The van der Waals surface area contributed by atoms with Crippen LogP contribution in [0.15, 0.2) is 42.5 Å². The maximum atomic E-state index is 12.7. The van der Waals surface area contributed by atoms with Gasteiger partial charge in [-0.25, -0.2) is 0 Å². The summed E-state index contributed by atoms with van der Waals surface area (Å²) < 4.78 is 12.1. The molecule has 154 valence electrons. The van der Waals surface area contributed by atoms with Gasteiger partial charge in [-0.3, -0.25) is 9.69 Å². The minimum absolute atomic E-state index is 0.0895. The van der Waals surface area contributed by atoms with Gasteiger partial charge in [0.25, 0.3) is 0 Å². The predicted octanol–water partition coefficient (Wildman–Crippen LogP) is 5.36. The molecule has 0 unspecified atom stereocenters. The molecule has 2 aromatic carbocycles. The maximum absolute atomic E-state index is 12.7. The molecule has 1 saturated heterocycles. The molecule has 29 heavy (non-hydrogen) atoms. The van der Waals surface area contributed by atoms with E-state index in [1.165, 1.54) is 11.8 Å². The molecule has 1 amide bonds. The lowest BCUT2D eigenvalue weighted by atomic mass is 10.1. The van der Waals surface area contributed by atoms with Gasteiger partial charge in [0.05, 0.1) is 12.4 Å². The van der Waals surface area contributed by atoms with Gasteiger partial charge in [0.15, 0.2) is 11.5 Å². The molecule has 0 saturated carbocycles. The third-order valence-corrected chi connectivity index (χ3v) is 6.50. The number of thioether (sulfide) groups is 1. The molecule has 0 aliphatic carbocycles. The van der Waals surface area contributed by atoms with Crippen molar-refractivity contribution in [3.8, 4) is 11.5 Å². The number of carbonyl (C=O) groups is 1. The quantitative estimate of drug-likeness (QED) is 0.507. The Kier molecular flexibility index (Phi) is 7.44. The van der Waals surface area contributed by atoms with Crippen LogP contribution in [0.1, 0.15) is 25.0 Å². The zero-order chi connectivity index (χ0) is 21.0. The largest absolute Gasteiger partial charge is 0.493 e. The maximum Gasteiger partial charge on any atom is 0.241 e. The summed E-state index contributed by atoms with van der Waals surface area (Å²) in [6.45, 7) is 5.18. The van der Waals surface area contributed by atoms with E-state index >= 15 is 0 Å². The van der Waals surface area contributed by atoms with Crippen molar-refractivity contribution in [3.63, 3.8) is 0 Å². The fourth-order valence-corrected chi connectivity index (χ4v) is 4.84. The first-order valence-electron chi connectivity index (χ1n) is 9.44. The summed E-state index contributed by atoms with van der Waals surface area (Å²) in [5, 5.41) is 0.475. The second-order valence-electron chi connectivity index (χ2n) is 7.28. The highest BCUT2D eigenvalue weighted by Gasteiger charge is 2.37. The predicted molar refractivity (Wildman–Crippen MR) is 123 cm³/mol. The number of hydrogen-bond donors (Lipinski definition) is 0. The second-order valence-corrected chi connectivity index (χ2v) is 9.53. The normalized spacial score (nSPS) is 16.6. The Morgan fingerprint density at radius 2 is 1.97 bits per heavy atom. The molecule has 2 aromatic rings. The number of hydrogen-bond acceptors (Lipinski definition) is 5. The fourth-order valence-electron chi connectivity index (χ4n) is 3.10. The van der Waals surface area contributed by atoms with E-state index in [-0.39, 0.29) is 11.2 Å². The first-order chi connectivity index (χ1) is 13.9. The number of amides is 1. The van der Waals surface area contributed by atoms with Crippen molar-refractivity contribution in [2.45, 2.75) is 32.1 Å². The molecule has 0 spiro atoms. The Morgan fingerprint density at radius 1 is 1.21 bits per heavy atom. The van der Waals surface area contributed by atoms with Crippen LogP contribution in [-0.2, 0) is 17.8 Å². The van der Waals surface area contributed by atoms with Gasteiger partial charge in [0, 0.05) is 17.1 Å². The first kappa shape index (κ1) is 21.9. The third kappa shape index (κ3) is 5.44. The highest BCUT2D eigenvalue weighted by molar-refractivity contribution is 8.24. The summed E-state index contributed by atoms with van der Waals surface area (Å²) in [4.78, 5) is 14.4. The lowest BCUT2D eigenvalue weighted by molar-refractivity contribution is -0.126. The smallest absolute Gasteiger partial charge is 0.241 e. The lowest BCUT2D eigenvalue weighted by Gasteiger charge is -2.18. The van der Waals surface area contributed by atoms with Crippen LogP contribution in [0, 0.1) is 5.92 Å². The van der Waals surface area contributed by atoms with Gasteiger partial charge in [-0.15, -0.1) is 0 Å². The number of nitrogens with zero attached hydrogens (tertiary/aromatic N) is 1. The monoisotopic (exact) mass is 449 g/mol. The van der Waals surface area contributed by atoms with E-state index in [4.69, 9.17) is 33.3 Å². The van der Waals surface area contributed by atoms with Crippen molar-refractivity contribution in [2.75, 3.05) is 13.7 Å². The number of carbonyl (C=O) groups excluding carboxylic acids is 1. The average Bonchev–Trinajstić information content (AvgIpc) is 2.95. The van der Waals surface area contributed by atoms with Gasteiger partial charge in [0.1, 0.15) is 10.9 Å². The van der Waals surface area contributed by atoms with Gasteiger partial charge in [-0.05, 0) is 36.1 Å². The van der Waals surface area contributed by atoms with Crippen LogP contribution in [0.3, 0.4) is 0 Å². The van der Waals surface area contributed by atoms with E-state index in [0.29, 0.717) is 46.3 Å². The third-order valence-electron chi connectivity index (χ3n) is 4.54. The number of halogens is 1. The summed E-state index contributed by atoms with van der Waals surface area (Å²) in [6, 6.07) is 13.3. The van der Waals surface area contributed by atoms with Crippen LogP contribution < -0.4 is 9.47 Å². The second kappa shape index (κ2) is 9.83. The van der Waals surface area contributed by atoms with E-state index in [0.717, 1.165) is 11.1 Å². The molecule has 1 aliphatic heterocycles. The summed E-state index contributed by atoms with van der Waals surface area (Å²) in [5.41, 5.74) is 1.92. The highest BCUT2D eigenvalue weighted by Crippen LogP contribution is 2.34. The molecule has 4 nitrogen and oxygen atoms in total. The number of rotatable bonds is 8. The molecule has 1 heterocycles. The summed E-state index contributed by atoms with van der Waals surface area (Å²) in [7, 11) is 1.61. The number of methoxy groups -OCH3 is 1. The minimum atomic E-state index is -0.194. The SMILES string of the molecule is COc1cc(C[C@@H]2SC(=S)N(CC(C)C)C2=O)ccc1OCc1ccccc1Cl.